The first-order valence-corrected chi connectivity index (χ1v) is 4.22. The third kappa shape index (κ3) is 2.07. The molecule has 1 aromatic heterocycles. The van der Waals surface area contributed by atoms with Crippen molar-refractivity contribution in [2.45, 2.75) is 26.2 Å². The van der Waals surface area contributed by atoms with Gasteiger partial charge in [0.15, 0.2) is 0 Å². The third-order valence-corrected chi connectivity index (χ3v) is 1.78. The minimum absolute atomic E-state index is 0.128. The molecule has 0 aliphatic heterocycles. The molecule has 0 aliphatic rings. The van der Waals surface area contributed by atoms with Crippen molar-refractivity contribution in [3.63, 3.8) is 0 Å². The van der Waals surface area contributed by atoms with E-state index in [1.54, 1.807) is 20.8 Å². The molecule has 0 amide bonds. The van der Waals surface area contributed by atoms with Crippen LogP contribution in [0, 0.1) is 5.82 Å². The van der Waals surface area contributed by atoms with Crippen molar-refractivity contribution in [3.8, 4) is 0 Å². The minimum atomic E-state index is -1.14. The first-order valence-electron chi connectivity index (χ1n) is 4.22. The topological polar surface area (TPSA) is 50.2 Å². The number of carbonyl (C=O) groups is 1. The third-order valence-electron chi connectivity index (χ3n) is 1.78. The summed E-state index contributed by atoms with van der Waals surface area (Å²) >= 11 is 0. The molecule has 1 aromatic rings. The van der Waals surface area contributed by atoms with Gasteiger partial charge in [-0.1, -0.05) is 20.8 Å². The maximum atomic E-state index is 13.3. The van der Waals surface area contributed by atoms with Crippen molar-refractivity contribution in [2.24, 2.45) is 0 Å². The summed E-state index contributed by atoms with van der Waals surface area (Å²) in [7, 11) is 0. The lowest BCUT2D eigenvalue weighted by molar-refractivity contribution is 0.0690. The first-order chi connectivity index (χ1) is 6.32. The van der Waals surface area contributed by atoms with E-state index in [4.69, 9.17) is 5.11 Å². The monoisotopic (exact) mass is 197 g/mol. The average molecular weight is 197 g/mol. The molecule has 0 fully saturated rings. The summed E-state index contributed by atoms with van der Waals surface area (Å²) in [6.07, 6.45) is 0. The zero-order valence-electron chi connectivity index (χ0n) is 8.34. The fourth-order valence-electron chi connectivity index (χ4n) is 1.09. The molecule has 1 heterocycles. The van der Waals surface area contributed by atoms with Crippen LogP contribution in [0.3, 0.4) is 0 Å². The van der Waals surface area contributed by atoms with Crippen molar-refractivity contribution in [1.29, 1.82) is 0 Å². The Morgan fingerprint density at radius 3 is 2.43 bits per heavy atom. The van der Waals surface area contributed by atoms with Gasteiger partial charge in [0.2, 0.25) is 0 Å². The summed E-state index contributed by atoms with van der Waals surface area (Å²) in [6, 6.07) is 2.30. The molecule has 0 bridgehead atoms. The van der Waals surface area contributed by atoms with Crippen molar-refractivity contribution in [1.82, 2.24) is 4.98 Å². The van der Waals surface area contributed by atoms with Crippen LogP contribution in [0.2, 0.25) is 0 Å². The lowest BCUT2D eigenvalue weighted by atomic mass is 9.91. The first kappa shape index (κ1) is 10.6. The SMILES string of the molecule is CC(C)(C)c1nc(C(=O)O)ccc1F. The Hall–Kier alpha value is -1.45. The van der Waals surface area contributed by atoms with Crippen LogP contribution in [0.4, 0.5) is 4.39 Å². The van der Waals surface area contributed by atoms with E-state index >= 15 is 0 Å². The zero-order chi connectivity index (χ0) is 10.9. The fraction of sp³-hybridized carbons (Fsp3) is 0.400. The summed E-state index contributed by atoms with van der Waals surface area (Å²) in [6.45, 7) is 5.35. The Morgan fingerprint density at radius 2 is 2.00 bits per heavy atom. The molecular weight excluding hydrogens is 185 g/mol. The quantitative estimate of drug-likeness (QED) is 0.750. The van der Waals surface area contributed by atoms with E-state index in [9.17, 15) is 9.18 Å². The Labute approximate surface area is 81.6 Å². The lowest BCUT2D eigenvalue weighted by Crippen LogP contribution is -2.18. The number of carboxylic acid groups (broad SMARTS) is 1. The Morgan fingerprint density at radius 1 is 1.43 bits per heavy atom. The molecule has 1 N–H and O–H groups in total. The van der Waals surface area contributed by atoms with Crippen LogP contribution in [0.1, 0.15) is 37.0 Å². The molecule has 0 radical (unpaired) electrons. The van der Waals surface area contributed by atoms with Crippen LogP contribution in [-0.4, -0.2) is 16.1 Å². The highest BCUT2D eigenvalue weighted by Gasteiger charge is 2.21. The number of halogens is 1. The molecule has 1 rings (SSSR count). The molecule has 0 saturated carbocycles. The maximum Gasteiger partial charge on any atom is 0.354 e. The number of pyridine rings is 1. The second kappa shape index (κ2) is 3.36. The van der Waals surface area contributed by atoms with Crippen molar-refractivity contribution in [3.05, 3.63) is 29.3 Å². The molecule has 76 valence electrons. The summed E-state index contributed by atoms with van der Waals surface area (Å²) in [5.74, 6) is -1.61. The number of hydrogen-bond acceptors (Lipinski definition) is 2. The number of aromatic nitrogens is 1. The van der Waals surface area contributed by atoms with E-state index in [1.807, 2.05) is 0 Å². The molecule has 0 spiro atoms. The fourth-order valence-corrected chi connectivity index (χ4v) is 1.09. The predicted molar refractivity (Wildman–Crippen MR) is 49.9 cm³/mol. The van der Waals surface area contributed by atoms with Gasteiger partial charge in [0.1, 0.15) is 11.5 Å². The highest BCUT2D eigenvalue weighted by molar-refractivity contribution is 5.85. The smallest absolute Gasteiger partial charge is 0.354 e. The summed E-state index contributed by atoms with van der Waals surface area (Å²) in [4.78, 5) is 14.4. The van der Waals surface area contributed by atoms with Gasteiger partial charge in [0, 0.05) is 5.41 Å². The van der Waals surface area contributed by atoms with Gasteiger partial charge in [-0.3, -0.25) is 0 Å². The highest BCUT2D eigenvalue weighted by Crippen LogP contribution is 2.23. The molecular formula is C10H12FNO2. The molecule has 0 unspecified atom stereocenters. The molecule has 3 nitrogen and oxygen atoms in total. The van der Waals surface area contributed by atoms with Gasteiger partial charge in [0.05, 0.1) is 5.69 Å². The van der Waals surface area contributed by atoms with E-state index in [0.717, 1.165) is 12.1 Å². The van der Waals surface area contributed by atoms with Crippen LogP contribution >= 0.6 is 0 Å². The van der Waals surface area contributed by atoms with Crippen molar-refractivity contribution >= 4 is 5.97 Å². The van der Waals surface area contributed by atoms with Gasteiger partial charge < -0.3 is 5.11 Å². The van der Waals surface area contributed by atoms with Crippen LogP contribution in [0.5, 0.6) is 0 Å². The Balaban J connectivity index is 3.29. The Bertz CT molecular complexity index is 369. The van der Waals surface area contributed by atoms with E-state index in [0.29, 0.717) is 0 Å². The van der Waals surface area contributed by atoms with Gasteiger partial charge in [-0.15, -0.1) is 0 Å². The van der Waals surface area contributed by atoms with Crippen molar-refractivity contribution < 1.29 is 14.3 Å². The van der Waals surface area contributed by atoms with Gasteiger partial charge in [-0.25, -0.2) is 14.2 Å². The summed E-state index contributed by atoms with van der Waals surface area (Å²) < 4.78 is 13.3. The molecule has 0 aliphatic carbocycles. The number of rotatable bonds is 1. The van der Waals surface area contributed by atoms with Crippen LogP contribution in [0.25, 0.3) is 0 Å². The zero-order valence-corrected chi connectivity index (χ0v) is 8.34. The van der Waals surface area contributed by atoms with Gasteiger partial charge in [-0.2, -0.15) is 0 Å². The van der Waals surface area contributed by atoms with E-state index in [1.165, 1.54) is 0 Å². The van der Waals surface area contributed by atoms with Gasteiger partial charge in [-0.05, 0) is 12.1 Å². The molecule has 0 atom stereocenters. The Kier molecular flexibility index (Phi) is 2.55. The number of nitrogens with zero attached hydrogens (tertiary/aromatic N) is 1. The number of hydrogen-bond donors (Lipinski definition) is 1. The highest BCUT2D eigenvalue weighted by atomic mass is 19.1. The van der Waals surface area contributed by atoms with E-state index < -0.39 is 17.2 Å². The van der Waals surface area contributed by atoms with Crippen LogP contribution in [0.15, 0.2) is 12.1 Å². The second-order valence-electron chi connectivity index (χ2n) is 4.08. The normalized spacial score (nSPS) is 11.4. The minimum Gasteiger partial charge on any atom is -0.477 e. The van der Waals surface area contributed by atoms with Crippen molar-refractivity contribution in [2.75, 3.05) is 0 Å². The molecule has 0 aromatic carbocycles. The largest absolute Gasteiger partial charge is 0.477 e. The lowest BCUT2D eigenvalue weighted by Gasteiger charge is -2.18. The summed E-state index contributed by atoms with van der Waals surface area (Å²) in [5.41, 5.74) is -0.441. The van der Waals surface area contributed by atoms with Gasteiger partial charge >= 0.3 is 5.97 Å². The maximum absolute atomic E-state index is 13.3. The molecule has 0 saturated heterocycles. The van der Waals surface area contributed by atoms with E-state index in [-0.39, 0.29) is 11.4 Å². The van der Waals surface area contributed by atoms with Crippen LogP contribution in [-0.2, 0) is 5.41 Å². The molecule has 4 heteroatoms. The number of carboxylic acids is 1. The van der Waals surface area contributed by atoms with Gasteiger partial charge in [0.25, 0.3) is 0 Å². The second-order valence-corrected chi connectivity index (χ2v) is 4.08. The molecule has 14 heavy (non-hydrogen) atoms. The predicted octanol–water partition coefficient (Wildman–Crippen LogP) is 2.22. The average Bonchev–Trinajstić information content (AvgIpc) is 2.02. The van der Waals surface area contributed by atoms with E-state index in [2.05, 4.69) is 4.98 Å². The van der Waals surface area contributed by atoms with Crippen LogP contribution < -0.4 is 0 Å². The number of aromatic carboxylic acids is 1. The summed E-state index contributed by atoms with van der Waals surface area (Å²) in [5, 5.41) is 8.68. The standard InChI is InChI=1S/C10H12FNO2/c1-10(2,3)8-6(11)4-5-7(12-8)9(13)14/h4-5H,1-3H3,(H,13,14).